The second kappa shape index (κ2) is 6.27. The van der Waals surface area contributed by atoms with Crippen molar-refractivity contribution in [3.8, 4) is 0 Å². The molecule has 0 spiro atoms. The lowest BCUT2D eigenvalue weighted by Gasteiger charge is -2.34. The Morgan fingerprint density at radius 3 is 2.73 bits per heavy atom. The molecule has 0 radical (unpaired) electrons. The van der Waals surface area contributed by atoms with Gasteiger partial charge in [0.2, 0.25) is 0 Å². The molecule has 1 saturated heterocycles. The molecule has 2 aliphatic rings. The van der Waals surface area contributed by atoms with Gasteiger partial charge in [0.05, 0.1) is 16.9 Å². The fourth-order valence-corrected chi connectivity index (χ4v) is 4.88. The summed E-state index contributed by atoms with van der Waals surface area (Å²) in [5, 5.41) is 6.73. The van der Waals surface area contributed by atoms with Crippen molar-refractivity contribution in [1.82, 2.24) is 9.80 Å². The highest BCUT2D eigenvalue weighted by atomic mass is 35.5. The van der Waals surface area contributed by atoms with E-state index in [1.807, 2.05) is 18.2 Å². The first kappa shape index (κ1) is 16.1. The van der Waals surface area contributed by atoms with Crippen LogP contribution in [-0.4, -0.2) is 48.9 Å². The lowest BCUT2D eigenvalue weighted by atomic mass is 10.1. The van der Waals surface area contributed by atoms with E-state index in [1.54, 1.807) is 11.3 Å². The molecule has 132 valence electrons. The van der Waals surface area contributed by atoms with Crippen molar-refractivity contribution >= 4 is 55.2 Å². The minimum absolute atomic E-state index is 0.710. The second-order valence-electron chi connectivity index (χ2n) is 6.81. The van der Waals surface area contributed by atoms with E-state index in [0.717, 1.165) is 48.4 Å². The van der Waals surface area contributed by atoms with Crippen LogP contribution >= 0.6 is 22.9 Å². The number of aliphatic imine (C=N–C) groups is 1. The maximum Gasteiger partial charge on any atom is 0.140 e. The summed E-state index contributed by atoms with van der Waals surface area (Å²) >= 11 is 8.04. The third-order valence-electron chi connectivity index (χ3n) is 5.06. The van der Waals surface area contributed by atoms with Crippen LogP contribution in [0.2, 0.25) is 5.02 Å². The molecule has 0 saturated carbocycles. The Kier molecular flexibility index (Phi) is 3.89. The first-order valence-corrected chi connectivity index (χ1v) is 9.99. The van der Waals surface area contributed by atoms with Crippen LogP contribution in [0.15, 0.2) is 47.5 Å². The van der Waals surface area contributed by atoms with Crippen LogP contribution in [-0.2, 0) is 0 Å². The number of halogens is 1. The van der Waals surface area contributed by atoms with E-state index >= 15 is 0 Å². The normalized spacial score (nSPS) is 17.3. The van der Waals surface area contributed by atoms with Crippen molar-refractivity contribution in [2.45, 2.75) is 0 Å². The third-order valence-corrected chi connectivity index (χ3v) is 6.38. The molecule has 3 aromatic rings. The smallest absolute Gasteiger partial charge is 0.140 e. The number of thiophene rings is 1. The van der Waals surface area contributed by atoms with Gasteiger partial charge in [0.15, 0.2) is 0 Å². The Bertz CT molecular complexity index is 1020. The zero-order valence-electron chi connectivity index (χ0n) is 14.5. The lowest BCUT2D eigenvalue weighted by Crippen LogP contribution is -2.47. The van der Waals surface area contributed by atoms with Gasteiger partial charge in [0, 0.05) is 41.3 Å². The average molecular weight is 383 g/mol. The van der Waals surface area contributed by atoms with Crippen molar-refractivity contribution < 1.29 is 0 Å². The molecule has 5 rings (SSSR count). The first-order chi connectivity index (χ1) is 12.7. The van der Waals surface area contributed by atoms with E-state index in [0.29, 0.717) is 5.02 Å². The number of amidine groups is 1. The van der Waals surface area contributed by atoms with Gasteiger partial charge < -0.3 is 15.1 Å². The van der Waals surface area contributed by atoms with E-state index in [9.17, 15) is 0 Å². The minimum Gasteiger partial charge on any atom is -0.353 e. The zero-order chi connectivity index (χ0) is 17.7. The summed E-state index contributed by atoms with van der Waals surface area (Å²) in [6.45, 7) is 4.06. The van der Waals surface area contributed by atoms with Gasteiger partial charge in [0.25, 0.3) is 0 Å². The molecule has 0 bridgehead atoms. The number of fused-ring (bicyclic) bond motifs is 4. The largest absolute Gasteiger partial charge is 0.353 e. The summed E-state index contributed by atoms with van der Waals surface area (Å²) in [4.78, 5) is 9.87. The molecule has 0 unspecified atom stereocenters. The maximum absolute atomic E-state index is 6.25. The number of hydrogen-bond donors (Lipinski definition) is 1. The fraction of sp³-hybridized carbons (Fsp3) is 0.250. The van der Waals surface area contributed by atoms with Gasteiger partial charge >= 0.3 is 0 Å². The van der Waals surface area contributed by atoms with E-state index in [1.165, 1.54) is 15.6 Å². The van der Waals surface area contributed by atoms with E-state index < -0.39 is 0 Å². The van der Waals surface area contributed by atoms with E-state index in [-0.39, 0.29) is 0 Å². The molecule has 4 nitrogen and oxygen atoms in total. The lowest BCUT2D eigenvalue weighted by molar-refractivity contribution is 0.216. The number of hydrogen-bond acceptors (Lipinski definition) is 5. The highest BCUT2D eigenvalue weighted by Crippen LogP contribution is 2.43. The minimum atomic E-state index is 0.710. The molecule has 1 N–H and O–H groups in total. The standard InChI is InChI=1S/C20H19ClN4S/c1-24-8-10-25(11-9-24)19-18-14-4-2-3-5-17(14)26-20(18)23-15-7-6-13(21)12-16(15)22-19/h2-7,12,23H,8-11H2,1H3. The number of nitrogens with one attached hydrogen (secondary N) is 1. The molecule has 0 atom stereocenters. The van der Waals surface area contributed by atoms with Crippen molar-refractivity contribution in [3.63, 3.8) is 0 Å². The number of anilines is 2. The highest BCUT2D eigenvalue weighted by molar-refractivity contribution is 7.23. The van der Waals surface area contributed by atoms with E-state index in [4.69, 9.17) is 16.6 Å². The molecular weight excluding hydrogens is 364 g/mol. The summed E-state index contributed by atoms with van der Waals surface area (Å²) in [5.41, 5.74) is 3.12. The molecule has 2 aliphatic heterocycles. The van der Waals surface area contributed by atoms with Crippen LogP contribution in [0.5, 0.6) is 0 Å². The predicted molar refractivity (Wildman–Crippen MR) is 112 cm³/mol. The third kappa shape index (κ3) is 2.67. The molecule has 1 aromatic heterocycles. The molecule has 2 aromatic carbocycles. The summed E-state index contributed by atoms with van der Waals surface area (Å²) < 4.78 is 1.28. The average Bonchev–Trinajstić information content (AvgIpc) is 2.92. The van der Waals surface area contributed by atoms with Crippen LogP contribution in [0.3, 0.4) is 0 Å². The molecular formula is C20H19ClN4S. The van der Waals surface area contributed by atoms with Crippen LogP contribution in [0.1, 0.15) is 5.56 Å². The summed E-state index contributed by atoms with van der Waals surface area (Å²) in [7, 11) is 2.17. The Balaban J connectivity index is 1.73. The predicted octanol–water partition coefficient (Wildman–Crippen LogP) is 4.94. The topological polar surface area (TPSA) is 30.9 Å². The van der Waals surface area contributed by atoms with Gasteiger partial charge in [-0.05, 0) is 31.3 Å². The number of benzene rings is 2. The quantitative estimate of drug-likeness (QED) is 0.597. The number of piperazine rings is 1. The molecule has 0 aliphatic carbocycles. The van der Waals surface area contributed by atoms with Crippen molar-refractivity contribution in [3.05, 3.63) is 53.1 Å². The first-order valence-electron chi connectivity index (χ1n) is 8.80. The Morgan fingerprint density at radius 1 is 1.08 bits per heavy atom. The van der Waals surface area contributed by atoms with Gasteiger partial charge in [-0.2, -0.15) is 0 Å². The van der Waals surface area contributed by atoms with Crippen LogP contribution in [0, 0.1) is 0 Å². The Hall–Kier alpha value is -2.08. The summed E-state index contributed by atoms with van der Waals surface area (Å²) in [5.74, 6) is 1.05. The van der Waals surface area contributed by atoms with E-state index in [2.05, 4.69) is 46.4 Å². The van der Waals surface area contributed by atoms with Crippen LogP contribution in [0.4, 0.5) is 16.4 Å². The van der Waals surface area contributed by atoms with Gasteiger partial charge in [-0.25, -0.2) is 4.99 Å². The fourth-order valence-electron chi connectivity index (χ4n) is 3.60. The molecule has 0 amide bonds. The number of nitrogens with zero attached hydrogens (tertiary/aromatic N) is 3. The highest BCUT2D eigenvalue weighted by Gasteiger charge is 2.27. The van der Waals surface area contributed by atoms with Crippen molar-refractivity contribution in [2.24, 2.45) is 4.99 Å². The van der Waals surface area contributed by atoms with Crippen molar-refractivity contribution in [1.29, 1.82) is 0 Å². The monoisotopic (exact) mass is 382 g/mol. The molecule has 3 heterocycles. The number of rotatable bonds is 0. The number of likely N-dealkylation sites (N-methyl/N-ethyl adjacent to an activating group) is 1. The van der Waals surface area contributed by atoms with Crippen LogP contribution in [0.25, 0.3) is 10.1 Å². The molecule has 26 heavy (non-hydrogen) atoms. The van der Waals surface area contributed by atoms with Gasteiger partial charge in [0.1, 0.15) is 10.8 Å². The zero-order valence-corrected chi connectivity index (χ0v) is 16.1. The Labute approximate surface area is 161 Å². The maximum atomic E-state index is 6.25. The SMILES string of the molecule is CN1CCN(C2=Nc3cc(Cl)ccc3Nc3sc4ccccc4c32)CC1. The molecule has 6 heteroatoms. The van der Waals surface area contributed by atoms with Gasteiger partial charge in [-0.15, -0.1) is 11.3 Å². The van der Waals surface area contributed by atoms with Gasteiger partial charge in [-0.1, -0.05) is 29.8 Å². The van der Waals surface area contributed by atoms with Crippen LogP contribution < -0.4 is 5.32 Å². The van der Waals surface area contributed by atoms with Gasteiger partial charge in [-0.3, -0.25) is 0 Å². The second-order valence-corrected chi connectivity index (χ2v) is 8.30. The Morgan fingerprint density at radius 2 is 1.88 bits per heavy atom. The summed E-state index contributed by atoms with van der Waals surface area (Å²) in [6.07, 6.45) is 0. The summed E-state index contributed by atoms with van der Waals surface area (Å²) in [6, 6.07) is 14.4. The van der Waals surface area contributed by atoms with Crippen molar-refractivity contribution in [2.75, 3.05) is 38.5 Å². The molecule has 1 fully saturated rings.